The fraction of sp³-hybridized carbons (Fsp3) is 0.375. The largest absolute Gasteiger partial charge is 0.353 e. The quantitative estimate of drug-likeness (QED) is 0.937. The van der Waals surface area contributed by atoms with Gasteiger partial charge in [0, 0.05) is 29.7 Å². The maximum Gasteiger partial charge on any atom is 0.250 e. The van der Waals surface area contributed by atoms with Gasteiger partial charge in [0.25, 0.3) is 0 Å². The summed E-state index contributed by atoms with van der Waals surface area (Å²) in [6, 6.07) is 7.62. The zero-order chi connectivity index (χ0) is 14.8. The Bertz CT molecular complexity index is 704. The third kappa shape index (κ3) is 3.08. The van der Waals surface area contributed by atoms with E-state index in [1.807, 2.05) is 30.6 Å². The standard InChI is InChI=1S/C16H18N2O2S/c1-18-14-6-5-12(9-11(14)4-7-16(18)20)17-15(19)10-13-3-2-8-21-13/h2-4,7-8,12H,5-6,9-10H2,1H3,(H,17,19)/t12-/m0/s1. The Morgan fingerprint density at radius 2 is 2.29 bits per heavy atom. The molecule has 0 saturated carbocycles. The smallest absolute Gasteiger partial charge is 0.250 e. The molecule has 4 nitrogen and oxygen atoms in total. The molecule has 0 spiro atoms. The highest BCUT2D eigenvalue weighted by Crippen LogP contribution is 2.20. The van der Waals surface area contributed by atoms with E-state index in [-0.39, 0.29) is 17.5 Å². The van der Waals surface area contributed by atoms with Crippen LogP contribution in [0.3, 0.4) is 0 Å². The Kier molecular flexibility index (Phi) is 3.92. The summed E-state index contributed by atoms with van der Waals surface area (Å²) in [7, 11) is 1.82. The number of carbonyl (C=O) groups excluding carboxylic acids is 1. The average molecular weight is 302 g/mol. The van der Waals surface area contributed by atoms with Crippen LogP contribution in [0.2, 0.25) is 0 Å². The fourth-order valence-corrected chi connectivity index (χ4v) is 3.60. The van der Waals surface area contributed by atoms with Gasteiger partial charge >= 0.3 is 0 Å². The van der Waals surface area contributed by atoms with Crippen molar-refractivity contribution >= 4 is 17.2 Å². The van der Waals surface area contributed by atoms with Gasteiger partial charge in [-0.05, 0) is 36.3 Å². The number of hydrogen-bond donors (Lipinski definition) is 1. The number of fused-ring (bicyclic) bond motifs is 1. The highest BCUT2D eigenvalue weighted by Gasteiger charge is 2.22. The van der Waals surface area contributed by atoms with Gasteiger partial charge in [-0.15, -0.1) is 11.3 Å². The van der Waals surface area contributed by atoms with E-state index in [0.29, 0.717) is 6.42 Å². The third-order valence-corrected chi connectivity index (χ3v) is 4.89. The molecular weight excluding hydrogens is 284 g/mol. The molecule has 110 valence electrons. The van der Waals surface area contributed by atoms with Gasteiger partial charge in [-0.3, -0.25) is 9.59 Å². The minimum Gasteiger partial charge on any atom is -0.353 e. The summed E-state index contributed by atoms with van der Waals surface area (Å²) in [6.07, 6.45) is 2.99. The summed E-state index contributed by atoms with van der Waals surface area (Å²) in [6.45, 7) is 0. The Morgan fingerprint density at radius 3 is 3.05 bits per heavy atom. The van der Waals surface area contributed by atoms with Crippen LogP contribution in [-0.2, 0) is 31.1 Å². The first kappa shape index (κ1) is 14.1. The summed E-state index contributed by atoms with van der Waals surface area (Å²) in [5.74, 6) is 0.0794. The monoisotopic (exact) mass is 302 g/mol. The van der Waals surface area contributed by atoms with Gasteiger partial charge in [0.1, 0.15) is 0 Å². The van der Waals surface area contributed by atoms with E-state index in [2.05, 4.69) is 5.32 Å². The highest BCUT2D eigenvalue weighted by molar-refractivity contribution is 7.10. The Labute approximate surface area is 127 Å². The van der Waals surface area contributed by atoms with Crippen molar-refractivity contribution in [2.24, 2.45) is 7.05 Å². The molecule has 3 rings (SSSR count). The van der Waals surface area contributed by atoms with Gasteiger partial charge in [-0.1, -0.05) is 12.1 Å². The number of nitrogens with one attached hydrogen (secondary N) is 1. The number of pyridine rings is 1. The van der Waals surface area contributed by atoms with Gasteiger partial charge < -0.3 is 9.88 Å². The van der Waals surface area contributed by atoms with E-state index >= 15 is 0 Å². The fourth-order valence-electron chi connectivity index (χ4n) is 2.89. The van der Waals surface area contributed by atoms with Crippen LogP contribution in [0.15, 0.2) is 34.4 Å². The predicted octanol–water partition coefficient (Wildman–Crippen LogP) is 1.66. The molecule has 2 aromatic rings. The molecule has 0 saturated heterocycles. The molecule has 0 radical (unpaired) electrons. The van der Waals surface area contributed by atoms with Crippen molar-refractivity contribution in [2.45, 2.75) is 31.7 Å². The van der Waals surface area contributed by atoms with Crippen LogP contribution in [0, 0.1) is 0 Å². The number of thiophene rings is 1. The number of aromatic nitrogens is 1. The van der Waals surface area contributed by atoms with Crippen molar-refractivity contribution < 1.29 is 4.79 Å². The molecule has 0 fully saturated rings. The molecule has 0 unspecified atom stereocenters. The van der Waals surface area contributed by atoms with Crippen LogP contribution in [0.5, 0.6) is 0 Å². The molecule has 0 aliphatic heterocycles. The zero-order valence-electron chi connectivity index (χ0n) is 12.0. The van der Waals surface area contributed by atoms with Crippen molar-refractivity contribution in [3.63, 3.8) is 0 Å². The maximum absolute atomic E-state index is 12.1. The summed E-state index contributed by atoms with van der Waals surface area (Å²) >= 11 is 1.61. The number of hydrogen-bond acceptors (Lipinski definition) is 3. The summed E-state index contributed by atoms with van der Waals surface area (Å²) in [5, 5.41) is 5.10. The first-order valence-corrected chi connectivity index (χ1v) is 8.01. The molecular formula is C16H18N2O2S. The molecule has 2 aromatic heterocycles. The zero-order valence-corrected chi connectivity index (χ0v) is 12.8. The molecule has 1 atom stereocenters. The SMILES string of the molecule is Cn1c2c(ccc1=O)C[C@@H](NC(=O)Cc1cccs1)CC2. The minimum absolute atomic E-state index is 0.0360. The van der Waals surface area contributed by atoms with Crippen LogP contribution in [0.1, 0.15) is 22.6 Å². The summed E-state index contributed by atoms with van der Waals surface area (Å²) in [5.41, 5.74) is 2.31. The Hall–Kier alpha value is -1.88. The van der Waals surface area contributed by atoms with E-state index < -0.39 is 0 Å². The number of nitrogens with zero attached hydrogens (tertiary/aromatic N) is 1. The minimum atomic E-state index is 0.0360. The van der Waals surface area contributed by atoms with Crippen molar-refractivity contribution in [3.05, 3.63) is 56.1 Å². The highest BCUT2D eigenvalue weighted by atomic mass is 32.1. The second kappa shape index (κ2) is 5.85. The maximum atomic E-state index is 12.1. The van der Waals surface area contributed by atoms with Gasteiger partial charge in [-0.25, -0.2) is 0 Å². The van der Waals surface area contributed by atoms with Crippen LogP contribution >= 0.6 is 11.3 Å². The van der Waals surface area contributed by atoms with Crippen LogP contribution in [0.4, 0.5) is 0 Å². The molecule has 1 N–H and O–H groups in total. The second-order valence-electron chi connectivity index (χ2n) is 5.47. The molecule has 0 aromatic carbocycles. The lowest BCUT2D eigenvalue weighted by Crippen LogP contribution is -2.40. The number of amides is 1. The molecule has 0 bridgehead atoms. The topological polar surface area (TPSA) is 51.1 Å². The van der Waals surface area contributed by atoms with Crippen LogP contribution in [-0.4, -0.2) is 16.5 Å². The average Bonchev–Trinajstić information content (AvgIpc) is 2.96. The van der Waals surface area contributed by atoms with E-state index in [1.165, 1.54) is 5.56 Å². The Morgan fingerprint density at radius 1 is 1.43 bits per heavy atom. The van der Waals surface area contributed by atoms with Gasteiger partial charge in [0.15, 0.2) is 0 Å². The summed E-state index contributed by atoms with van der Waals surface area (Å²) < 4.78 is 1.72. The van der Waals surface area contributed by atoms with Crippen molar-refractivity contribution in [1.29, 1.82) is 0 Å². The number of rotatable bonds is 3. The van der Waals surface area contributed by atoms with Crippen molar-refractivity contribution in [2.75, 3.05) is 0 Å². The van der Waals surface area contributed by atoms with Gasteiger partial charge in [-0.2, -0.15) is 0 Å². The first-order valence-electron chi connectivity index (χ1n) is 7.13. The molecule has 2 heterocycles. The lowest BCUT2D eigenvalue weighted by molar-refractivity contribution is -0.121. The third-order valence-electron chi connectivity index (χ3n) is 4.01. The predicted molar refractivity (Wildman–Crippen MR) is 83.7 cm³/mol. The Balaban J connectivity index is 1.65. The summed E-state index contributed by atoms with van der Waals surface area (Å²) in [4.78, 5) is 24.8. The van der Waals surface area contributed by atoms with Crippen LogP contribution in [0.25, 0.3) is 0 Å². The lowest BCUT2D eigenvalue weighted by atomic mass is 9.91. The van der Waals surface area contributed by atoms with E-state index in [1.54, 1.807) is 22.0 Å². The van der Waals surface area contributed by atoms with Gasteiger partial charge in [0.2, 0.25) is 11.5 Å². The number of carbonyl (C=O) groups is 1. The molecule has 21 heavy (non-hydrogen) atoms. The van der Waals surface area contributed by atoms with Gasteiger partial charge in [0.05, 0.1) is 6.42 Å². The molecule has 5 heteroatoms. The van der Waals surface area contributed by atoms with Crippen molar-refractivity contribution in [1.82, 2.24) is 9.88 Å². The molecule has 1 aliphatic carbocycles. The van der Waals surface area contributed by atoms with Crippen molar-refractivity contribution in [3.8, 4) is 0 Å². The second-order valence-corrected chi connectivity index (χ2v) is 6.50. The molecule has 1 aliphatic rings. The first-order chi connectivity index (χ1) is 10.1. The molecule has 1 amide bonds. The van der Waals surface area contributed by atoms with E-state index in [9.17, 15) is 9.59 Å². The normalized spacial score (nSPS) is 17.3. The van der Waals surface area contributed by atoms with E-state index in [4.69, 9.17) is 0 Å². The van der Waals surface area contributed by atoms with Crippen LogP contribution < -0.4 is 10.9 Å². The van der Waals surface area contributed by atoms with E-state index in [0.717, 1.165) is 29.8 Å². The lowest BCUT2D eigenvalue weighted by Gasteiger charge is -2.26.